The molecule has 106 valence electrons. The van der Waals surface area contributed by atoms with Gasteiger partial charge in [0.05, 0.1) is 5.69 Å². The molecule has 1 aliphatic carbocycles. The monoisotopic (exact) mass is 282 g/mol. The molecule has 0 bridgehead atoms. The van der Waals surface area contributed by atoms with Crippen LogP contribution >= 0.6 is 0 Å². The number of rotatable bonds is 3. The molecule has 0 aromatic heterocycles. The molecule has 2 rings (SSSR count). The standard InChI is InChI=1S/C14H22N2O2S/c1-11-5-4-6-12(10-9-11)16-13-7-2-3-8-14(13)19(15,17)18/h2-3,7-8,11-12,16H,4-6,9-10H2,1H3,(H2,15,17,18). The van der Waals surface area contributed by atoms with Gasteiger partial charge in [-0.1, -0.05) is 31.9 Å². The fraction of sp³-hybridized carbons (Fsp3) is 0.571. The molecule has 0 radical (unpaired) electrons. The van der Waals surface area contributed by atoms with Crippen LogP contribution in [0.1, 0.15) is 39.0 Å². The zero-order valence-electron chi connectivity index (χ0n) is 11.3. The summed E-state index contributed by atoms with van der Waals surface area (Å²) >= 11 is 0. The lowest BCUT2D eigenvalue weighted by Gasteiger charge is -2.19. The van der Waals surface area contributed by atoms with Crippen LogP contribution in [0.15, 0.2) is 29.2 Å². The normalized spacial score (nSPS) is 24.7. The molecule has 1 fully saturated rings. The maximum atomic E-state index is 11.6. The summed E-state index contributed by atoms with van der Waals surface area (Å²) in [4.78, 5) is 0.187. The van der Waals surface area contributed by atoms with E-state index < -0.39 is 10.0 Å². The van der Waals surface area contributed by atoms with Crippen LogP contribution in [-0.4, -0.2) is 14.5 Å². The lowest BCUT2D eigenvalue weighted by atomic mass is 10.0. The molecule has 5 heteroatoms. The molecule has 2 atom stereocenters. The number of nitrogens with two attached hydrogens (primary N) is 1. The average molecular weight is 282 g/mol. The first-order chi connectivity index (χ1) is 8.97. The number of sulfonamides is 1. The second kappa shape index (κ2) is 5.92. The third kappa shape index (κ3) is 3.94. The number of para-hydroxylation sites is 1. The highest BCUT2D eigenvalue weighted by molar-refractivity contribution is 7.89. The van der Waals surface area contributed by atoms with Crippen molar-refractivity contribution in [3.63, 3.8) is 0 Å². The van der Waals surface area contributed by atoms with Gasteiger partial charge in [-0.25, -0.2) is 13.6 Å². The van der Waals surface area contributed by atoms with Crippen molar-refractivity contribution < 1.29 is 8.42 Å². The van der Waals surface area contributed by atoms with Gasteiger partial charge in [0.15, 0.2) is 0 Å². The van der Waals surface area contributed by atoms with Gasteiger partial charge < -0.3 is 5.32 Å². The van der Waals surface area contributed by atoms with Gasteiger partial charge in [-0.3, -0.25) is 0 Å². The molecule has 0 aliphatic heterocycles. The zero-order chi connectivity index (χ0) is 13.9. The summed E-state index contributed by atoms with van der Waals surface area (Å²) in [6.07, 6.45) is 5.81. The highest BCUT2D eigenvalue weighted by Crippen LogP contribution is 2.27. The minimum absolute atomic E-state index is 0.187. The first kappa shape index (κ1) is 14.3. The largest absolute Gasteiger partial charge is 0.381 e. The van der Waals surface area contributed by atoms with E-state index >= 15 is 0 Å². The molecule has 1 saturated carbocycles. The van der Waals surface area contributed by atoms with Crippen LogP contribution in [0.2, 0.25) is 0 Å². The Bertz CT molecular complexity index is 528. The van der Waals surface area contributed by atoms with Crippen molar-refractivity contribution in [2.45, 2.75) is 50.0 Å². The van der Waals surface area contributed by atoms with Crippen LogP contribution in [0.4, 0.5) is 5.69 Å². The molecule has 0 saturated heterocycles. The third-order valence-corrected chi connectivity index (χ3v) is 4.78. The zero-order valence-corrected chi connectivity index (χ0v) is 12.1. The fourth-order valence-corrected chi connectivity index (χ4v) is 3.39. The van der Waals surface area contributed by atoms with Crippen LogP contribution in [-0.2, 0) is 10.0 Å². The predicted octanol–water partition coefficient (Wildman–Crippen LogP) is 2.71. The fourth-order valence-electron chi connectivity index (χ4n) is 2.69. The first-order valence-electron chi connectivity index (χ1n) is 6.85. The molecule has 0 amide bonds. The van der Waals surface area contributed by atoms with Crippen LogP contribution < -0.4 is 10.5 Å². The molecule has 1 aromatic carbocycles. The minimum atomic E-state index is -3.67. The number of benzene rings is 1. The lowest BCUT2D eigenvalue weighted by Crippen LogP contribution is -2.21. The Hall–Kier alpha value is -1.07. The number of nitrogens with one attached hydrogen (secondary N) is 1. The van der Waals surface area contributed by atoms with E-state index in [1.807, 2.05) is 6.07 Å². The second-order valence-electron chi connectivity index (χ2n) is 5.50. The maximum Gasteiger partial charge on any atom is 0.240 e. The average Bonchev–Trinajstić information content (AvgIpc) is 2.54. The highest BCUT2D eigenvalue weighted by atomic mass is 32.2. The number of hydrogen-bond donors (Lipinski definition) is 2. The van der Waals surface area contributed by atoms with Gasteiger partial charge in [0.1, 0.15) is 4.90 Å². The summed E-state index contributed by atoms with van der Waals surface area (Å²) < 4.78 is 23.1. The van der Waals surface area contributed by atoms with Crippen molar-refractivity contribution in [1.82, 2.24) is 0 Å². The van der Waals surface area contributed by atoms with Gasteiger partial charge in [-0.2, -0.15) is 0 Å². The van der Waals surface area contributed by atoms with E-state index in [0.29, 0.717) is 11.7 Å². The van der Waals surface area contributed by atoms with Crippen molar-refractivity contribution in [3.8, 4) is 0 Å². The molecule has 0 heterocycles. The van der Waals surface area contributed by atoms with Crippen LogP contribution in [0, 0.1) is 5.92 Å². The topological polar surface area (TPSA) is 72.2 Å². The van der Waals surface area contributed by atoms with Gasteiger partial charge in [0.2, 0.25) is 10.0 Å². The van der Waals surface area contributed by atoms with Crippen LogP contribution in [0.5, 0.6) is 0 Å². The van der Waals surface area contributed by atoms with Crippen LogP contribution in [0.3, 0.4) is 0 Å². The molecule has 4 nitrogen and oxygen atoms in total. The first-order valence-corrected chi connectivity index (χ1v) is 8.40. The molecule has 1 aromatic rings. The molecule has 1 aliphatic rings. The van der Waals surface area contributed by atoms with E-state index in [4.69, 9.17) is 5.14 Å². The van der Waals surface area contributed by atoms with Gasteiger partial charge in [-0.15, -0.1) is 0 Å². The molecule has 2 unspecified atom stereocenters. The van der Waals surface area contributed by atoms with E-state index in [2.05, 4.69) is 12.2 Å². The smallest absolute Gasteiger partial charge is 0.240 e. The van der Waals surface area contributed by atoms with Crippen molar-refractivity contribution in [2.75, 3.05) is 5.32 Å². The minimum Gasteiger partial charge on any atom is -0.381 e. The van der Waals surface area contributed by atoms with Crippen LogP contribution in [0.25, 0.3) is 0 Å². The Morgan fingerprint density at radius 2 is 1.89 bits per heavy atom. The predicted molar refractivity (Wildman–Crippen MR) is 77.5 cm³/mol. The summed E-state index contributed by atoms with van der Waals surface area (Å²) in [7, 11) is -3.67. The van der Waals surface area contributed by atoms with E-state index in [0.717, 1.165) is 18.8 Å². The van der Waals surface area contributed by atoms with Gasteiger partial charge >= 0.3 is 0 Å². The van der Waals surface area contributed by atoms with Crippen molar-refractivity contribution in [1.29, 1.82) is 0 Å². The summed E-state index contributed by atoms with van der Waals surface area (Å²) in [5, 5.41) is 8.61. The summed E-state index contributed by atoms with van der Waals surface area (Å²) in [5.74, 6) is 0.764. The Labute approximate surface area is 115 Å². The second-order valence-corrected chi connectivity index (χ2v) is 7.03. The van der Waals surface area contributed by atoms with E-state index in [9.17, 15) is 8.42 Å². The number of hydrogen-bond acceptors (Lipinski definition) is 3. The lowest BCUT2D eigenvalue weighted by molar-refractivity contribution is 0.502. The van der Waals surface area contributed by atoms with Gasteiger partial charge in [0.25, 0.3) is 0 Å². The SMILES string of the molecule is CC1CCCC(Nc2ccccc2S(N)(=O)=O)CC1. The van der Waals surface area contributed by atoms with Crippen molar-refractivity contribution in [2.24, 2.45) is 11.1 Å². The molecular weight excluding hydrogens is 260 g/mol. The van der Waals surface area contributed by atoms with Gasteiger partial charge in [0, 0.05) is 6.04 Å². The van der Waals surface area contributed by atoms with E-state index in [1.165, 1.54) is 19.3 Å². The van der Waals surface area contributed by atoms with Gasteiger partial charge in [-0.05, 0) is 37.3 Å². The van der Waals surface area contributed by atoms with Crippen molar-refractivity contribution in [3.05, 3.63) is 24.3 Å². The van der Waals surface area contributed by atoms with E-state index in [-0.39, 0.29) is 4.90 Å². The molecule has 3 N–H and O–H groups in total. The van der Waals surface area contributed by atoms with E-state index in [1.54, 1.807) is 18.2 Å². The Balaban J connectivity index is 2.15. The Morgan fingerprint density at radius 1 is 1.16 bits per heavy atom. The Kier molecular flexibility index (Phi) is 4.47. The number of primary sulfonamides is 1. The molecular formula is C14H22N2O2S. The summed E-state index contributed by atoms with van der Waals surface area (Å²) in [6, 6.07) is 7.20. The molecule has 0 spiro atoms. The quantitative estimate of drug-likeness (QED) is 0.837. The summed E-state index contributed by atoms with van der Waals surface area (Å²) in [5.41, 5.74) is 0.629. The third-order valence-electron chi connectivity index (χ3n) is 3.81. The van der Waals surface area contributed by atoms with Crippen molar-refractivity contribution >= 4 is 15.7 Å². The molecule has 19 heavy (non-hydrogen) atoms. The number of anilines is 1. The summed E-state index contributed by atoms with van der Waals surface area (Å²) in [6.45, 7) is 2.28. The Morgan fingerprint density at radius 3 is 2.63 bits per heavy atom. The maximum absolute atomic E-state index is 11.6. The highest BCUT2D eigenvalue weighted by Gasteiger charge is 2.19.